The number of phenolic OH excluding ortho intramolecular Hbond substituents is 1. The fourth-order valence-corrected chi connectivity index (χ4v) is 3.25. The Kier molecular flexibility index (Phi) is 6.87. The molecule has 1 heteroatoms. The molecule has 1 nitrogen and oxygen atoms in total. The van der Waals surface area contributed by atoms with Gasteiger partial charge in [0.15, 0.2) is 0 Å². The van der Waals surface area contributed by atoms with Crippen molar-refractivity contribution in [1.82, 2.24) is 0 Å². The summed E-state index contributed by atoms with van der Waals surface area (Å²) in [5, 5.41) is 10.6. The van der Waals surface area contributed by atoms with E-state index >= 15 is 0 Å². The van der Waals surface area contributed by atoms with E-state index in [0.29, 0.717) is 11.7 Å². The van der Waals surface area contributed by atoms with Crippen molar-refractivity contribution >= 4 is 5.57 Å². The Bertz CT molecular complexity index is 617. The monoisotopic (exact) mass is 312 g/mol. The van der Waals surface area contributed by atoms with Crippen molar-refractivity contribution in [3.05, 3.63) is 59.2 Å². The fourth-order valence-electron chi connectivity index (χ4n) is 3.25. The summed E-state index contributed by atoms with van der Waals surface area (Å²) < 4.78 is 0. The van der Waals surface area contributed by atoms with E-state index in [1.807, 2.05) is 13.0 Å². The van der Waals surface area contributed by atoms with Crippen LogP contribution in [-0.4, -0.2) is 5.11 Å². The van der Waals surface area contributed by atoms with Gasteiger partial charge in [0.25, 0.3) is 0 Å². The third kappa shape index (κ3) is 4.37. The molecule has 0 unspecified atom stereocenters. The summed E-state index contributed by atoms with van der Waals surface area (Å²) in [7, 11) is 0. The van der Waals surface area contributed by atoms with Crippen LogP contribution in [-0.2, 0) is 6.42 Å². The molecule has 0 saturated heterocycles. The molecule has 1 aromatic rings. The molecule has 1 aromatic carbocycles. The van der Waals surface area contributed by atoms with Gasteiger partial charge in [0.1, 0.15) is 5.75 Å². The molecule has 0 radical (unpaired) electrons. The van der Waals surface area contributed by atoms with E-state index in [-0.39, 0.29) is 0 Å². The molecule has 126 valence electrons. The Labute approximate surface area is 142 Å². The van der Waals surface area contributed by atoms with Crippen LogP contribution >= 0.6 is 0 Å². The second-order valence-corrected chi connectivity index (χ2v) is 6.82. The van der Waals surface area contributed by atoms with Crippen LogP contribution in [0.2, 0.25) is 0 Å². The standard InChI is InChI=1S/C22H32O/c1-9-10-11-12-19-13-20(23)22(17(7)16(6)14(2)3)18(8)21(19)15(4)5/h13,15,23H,2,6-7,9-12H2,1,3-5,8H3. The average molecular weight is 312 g/mol. The van der Waals surface area contributed by atoms with Crippen LogP contribution in [0.4, 0.5) is 0 Å². The number of benzene rings is 1. The zero-order valence-corrected chi connectivity index (χ0v) is 15.6. The number of phenols is 1. The summed E-state index contributed by atoms with van der Waals surface area (Å²) >= 11 is 0. The first kappa shape index (κ1) is 19.3. The predicted octanol–water partition coefficient (Wildman–Crippen LogP) is 6.70. The zero-order valence-electron chi connectivity index (χ0n) is 15.6. The molecule has 0 amide bonds. The van der Waals surface area contributed by atoms with Gasteiger partial charge in [-0.25, -0.2) is 0 Å². The van der Waals surface area contributed by atoms with Gasteiger partial charge in [0, 0.05) is 5.56 Å². The minimum atomic E-state index is 0.311. The van der Waals surface area contributed by atoms with Crippen LogP contribution in [0.1, 0.15) is 75.1 Å². The molecule has 0 spiro atoms. The van der Waals surface area contributed by atoms with Gasteiger partial charge >= 0.3 is 0 Å². The van der Waals surface area contributed by atoms with E-state index in [1.165, 1.54) is 24.0 Å². The summed E-state index contributed by atoms with van der Waals surface area (Å²) in [6.07, 6.45) is 4.60. The lowest BCUT2D eigenvalue weighted by molar-refractivity contribution is 0.471. The minimum absolute atomic E-state index is 0.311. The average Bonchev–Trinajstić information content (AvgIpc) is 2.45. The summed E-state index contributed by atoms with van der Waals surface area (Å²) in [5.74, 6) is 0.725. The Morgan fingerprint density at radius 2 is 1.78 bits per heavy atom. The maximum Gasteiger partial charge on any atom is 0.123 e. The molecule has 1 N–H and O–H groups in total. The molecule has 0 aliphatic heterocycles. The van der Waals surface area contributed by atoms with E-state index in [1.54, 1.807) is 0 Å². The molecule has 0 aliphatic rings. The SMILES string of the molecule is C=C(C)C(=C)C(=C)c1c(O)cc(CCCCC)c(C(C)C)c1C. The molecular weight excluding hydrogens is 280 g/mol. The molecule has 0 atom stereocenters. The number of hydrogen-bond acceptors (Lipinski definition) is 1. The normalized spacial score (nSPS) is 10.9. The maximum atomic E-state index is 10.6. The molecule has 0 aromatic heterocycles. The second-order valence-electron chi connectivity index (χ2n) is 6.82. The molecule has 0 heterocycles. The van der Waals surface area contributed by atoms with Crippen LogP contribution in [0.25, 0.3) is 5.57 Å². The van der Waals surface area contributed by atoms with Crippen LogP contribution in [0.3, 0.4) is 0 Å². The van der Waals surface area contributed by atoms with Crippen LogP contribution in [0.15, 0.2) is 36.9 Å². The number of unbranched alkanes of at least 4 members (excludes halogenated alkanes) is 2. The molecule has 23 heavy (non-hydrogen) atoms. The molecule has 0 aliphatic carbocycles. The van der Waals surface area contributed by atoms with Crippen LogP contribution in [0, 0.1) is 6.92 Å². The number of hydrogen-bond donors (Lipinski definition) is 1. The number of allylic oxidation sites excluding steroid dienone is 3. The largest absolute Gasteiger partial charge is 0.507 e. The molecule has 1 rings (SSSR count). The molecule has 0 fully saturated rings. The highest BCUT2D eigenvalue weighted by Gasteiger charge is 2.20. The van der Waals surface area contributed by atoms with Crippen molar-refractivity contribution in [1.29, 1.82) is 0 Å². The van der Waals surface area contributed by atoms with Gasteiger partial charge in [-0.1, -0.05) is 58.9 Å². The Morgan fingerprint density at radius 1 is 1.17 bits per heavy atom. The third-order valence-electron chi connectivity index (χ3n) is 4.50. The van der Waals surface area contributed by atoms with E-state index in [9.17, 15) is 5.11 Å². The van der Waals surface area contributed by atoms with Gasteiger partial charge in [-0.3, -0.25) is 0 Å². The Morgan fingerprint density at radius 3 is 2.26 bits per heavy atom. The van der Waals surface area contributed by atoms with Gasteiger partial charge < -0.3 is 5.11 Å². The lowest BCUT2D eigenvalue weighted by Crippen LogP contribution is -2.05. The van der Waals surface area contributed by atoms with Gasteiger partial charge in [-0.05, 0) is 66.5 Å². The second kappa shape index (κ2) is 8.19. The third-order valence-corrected chi connectivity index (χ3v) is 4.50. The highest BCUT2D eigenvalue weighted by Crippen LogP contribution is 2.39. The minimum Gasteiger partial charge on any atom is -0.507 e. The lowest BCUT2D eigenvalue weighted by atomic mass is 9.83. The van der Waals surface area contributed by atoms with Gasteiger partial charge in [0.2, 0.25) is 0 Å². The summed E-state index contributed by atoms with van der Waals surface area (Å²) in [6, 6.07) is 1.93. The number of aromatic hydroxyl groups is 1. The highest BCUT2D eigenvalue weighted by molar-refractivity contribution is 5.86. The molecular formula is C22H32O. The van der Waals surface area contributed by atoms with Crippen LogP contribution < -0.4 is 0 Å². The first-order valence-corrected chi connectivity index (χ1v) is 8.62. The van der Waals surface area contributed by atoms with E-state index in [4.69, 9.17) is 0 Å². The quantitative estimate of drug-likeness (QED) is 0.418. The highest BCUT2D eigenvalue weighted by atomic mass is 16.3. The van der Waals surface area contributed by atoms with Crippen molar-refractivity contribution in [3.8, 4) is 5.75 Å². The number of aryl methyl sites for hydroxylation is 1. The van der Waals surface area contributed by atoms with E-state index in [0.717, 1.165) is 40.7 Å². The van der Waals surface area contributed by atoms with E-state index in [2.05, 4.69) is 47.4 Å². The van der Waals surface area contributed by atoms with Crippen molar-refractivity contribution in [2.24, 2.45) is 0 Å². The van der Waals surface area contributed by atoms with Gasteiger partial charge in [-0.15, -0.1) is 0 Å². The van der Waals surface area contributed by atoms with Gasteiger partial charge in [0.05, 0.1) is 0 Å². The molecule has 0 bridgehead atoms. The van der Waals surface area contributed by atoms with Crippen molar-refractivity contribution in [2.75, 3.05) is 0 Å². The summed E-state index contributed by atoms with van der Waals surface area (Å²) in [6.45, 7) is 22.8. The van der Waals surface area contributed by atoms with Crippen molar-refractivity contribution in [2.45, 2.75) is 66.2 Å². The lowest BCUT2D eigenvalue weighted by Gasteiger charge is -2.22. The van der Waals surface area contributed by atoms with Crippen LogP contribution in [0.5, 0.6) is 5.75 Å². The van der Waals surface area contributed by atoms with Crippen molar-refractivity contribution < 1.29 is 5.11 Å². The topological polar surface area (TPSA) is 20.2 Å². The molecule has 0 saturated carbocycles. The summed E-state index contributed by atoms with van der Waals surface area (Å²) in [4.78, 5) is 0. The van der Waals surface area contributed by atoms with E-state index < -0.39 is 0 Å². The number of rotatable bonds is 8. The van der Waals surface area contributed by atoms with Gasteiger partial charge in [-0.2, -0.15) is 0 Å². The fraction of sp³-hybridized carbons (Fsp3) is 0.455. The smallest absolute Gasteiger partial charge is 0.123 e. The maximum absolute atomic E-state index is 10.6. The Balaban J connectivity index is 3.40. The summed E-state index contributed by atoms with van der Waals surface area (Å²) in [5.41, 5.74) is 7.00. The Hall–Kier alpha value is -1.76. The first-order chi connectivity index (χ1) is 10.7. The van der Waals surface area contributed by atoms with Crippen molar-refractivity contribution in [3.63, 3.8) is 0 Å². The zero-order chi connectivity index (χ0) is 17.7. The predicted molar refractivity (Wildman–Crippen MR) is 103 cm³/mol. The first-order valence-electron chi connectivity index (χ1n) is 8.62.